The van der Waals surface area contributed by atoms with E-state index in [-0.39, 0.29) is 25.0 Å². The summed E-state index contributed by atoms with van der Waals surface area (Å²) in [4.78, 5) is 39.9. The molecule has 7 rings (SSSR count). The van der Waals surface area contributed by atoms with Crippen LogP contribution in [-0.4, -0.2) is 93.3 Å². The van der Waals surface area contributed by atoms with Crippen LogP contribution in [0.15, 0.2) is 23.0 Å². The van der Waals surface area contributed by atoms with E-state index in [1.54, 1.807) is 46.3 Å². The first kappa shape index (κ1) is 30.3. The van der Waals surface area contributed by atoms with Crippen molar-refractivity contribution in [2.75, 3.05) is 6.61 Å². The summed E-state index contributed by atoms with van der Waals surface area (Å²) in [6.45, 7) is 9.39. The Morgan fingerprint density at radius 2 is 1.75 bits per heavy atom. The number of aliphatic hydroxyl groups excluding tert-OH is 4. The molecule has 0 radical (unpaired) electrons. The highest BCUT2D eigenvalue weighted by Gasteiger charge is 2.92. The van der Waals surface area contributed by atoms with Crippen molar-refractivity contribution in [3.8, 4) is 0 Å². The van der Waals surface area contributed by atoms with Crippen LogP contribution in [0.3, 0.4) is 0 Å². The zero-order chi connectivity index (χ0) is 31.9. The number of rotatable bonds is 4. The van der Waals surface area contributed by atoms with Crippen LogP contribution >= 0.6 is 0 Å². The third-order valence-electron chi connectivity index (χ3n) is 13.0. The monoisotopic (exact) mass is 618 g/mol. The Morgan fingerprint density at radius 1 is 1.05 bits per heavy atom. The molecular weight excluding hydrogens is 576 g/mol. The Labute approximate surface area is 255 Å². The number of carbonyl (C=O) groups is 3. The minimum atomic E-state index is -1.70. The number of aliphatic hydroxyl groups is 4. The SMILES string of the molecule is CC(=O)O[C@@H]1[C@H](O)[C@H](O)[C@@]23COC(OC(=O)C(C)C)[C@@]1(C)[C@@H]2C[C@@H](O)[C@]1(C)[C@@H]3C(=O)[C@H](O)[C@@]2(C)[C@H](c3ccoc3)C[C@H]3O[C@]321. The van der Waals surface area contributed by atoms with Crippen LogP contribution in [0.25, 0.3) is 0 Å². The van der Waals surface area contributed by atoms with Crippen molar-refractivity contribution in [3.63, 3.8) is 0 Å². The molecule has 0 aromatic carbocycles. The number of hydrogen-bond acceptors (Lipinski definition) is 12. The predicted molar refractivity (Wildman–Crippen MR) is 147 cm³/mol. The number of Topliss-reactive ketones (excluding diaryl/α,β-unsaturated/α-hetero) is 1. The number of carbonyl (C=O) groups excluding carboxylic acids is 3. The number of furan rings is 1. The second kappa shape index (κ2) is 9.13. The van der Waals surface area contributed by atoms with E-state index in [2.05, 4.69) is 0 Å². The largest absolute Gasteiger partial charge is 0.472 e. The molecule has 2 aliphatic heterocycles. The van der Waals surface area contributed by atoms with Crippen molar-refractivity contribution in [2.45, 2.75) is 109 Å². The Balaban J connectivity index is 1.40. The van der Waals surface area contributed by atoms with E-state index in [1.165, 1.54) is 0 Å². The van der Waals surface area contributed by atoms with Gasteiger partial charge in [0.15, 0.2) is 5.78 Å². The highest BCUT2D eigenvalue weighted by molar-refractivity contribution is 5.91. The van der Waals surface area contributed by atoms with E-state index < -0.39 is 99.5 Å². The Kier molecular flexibility index (Phi) is 6.29. The van der Waals surface area contributed by atoms with Crippen LogP contribution in [0.4, 0.5) is 0 Å². The summed E-state index contributed by atoms with van der Waals surface area (Å²) in [6, 6.07) is 1.81. The maximum absolute atomic E-state index is 14.8. The normalized spacial score (nSPS) is 53.7. The van der Waals surface area contributed by atoms with Gasteiger partial charge in [-0.2, -0.15) is 0 Å². The zero-order valence-corrected chi connectivity index (χ0v) is 25.8. The molecule has 1 spiro atoms. The van der Waals surface area contributed by atoms with E-state index in [0.29, 0.717) is 6.42 Å². The van der Waals surface area contributed by atoms with Gasteiger partial charge < -0.3 is 43.8 Å². The molecule has 44 heavy (non-hydrogen) atoms. The maximum Gasteiger partial charge on any atom is 0.310 e. The lowest BCUT2D eigenvalue weighted by atomic mass is 9.33. The molecule has 12 heteroatoms. The first-order valence-electron chi connectivity index (χ1n) is 15.5. The topological polar surface area (TPSA) is 185 Å². The summed E-state index contributed by atoms with van der Waals surface area (Å²) in [7, 11) is 0. The van der Waals surface area contributed by atoms with Crippen LogP contribution < -0.4 is 0 Å². The van der Waals surface area contributed by atoms with Gasteiger partial charge in [-0.05, 0) is 37.3 Å². The number of hydrogen-bond donors (Lipinski definition) is 4. The predicted octanol–water partition coefficient (Wildman–Crippen LogP) is 1.07. The van der Waals surface area contributed by atoms with Gasteiger partial charge in [0.1, 0.15) is 23.9 Å². The van der Waals surface area contributed by atoms with Crippen LogP contribution in [0.5, 0.6) is 0 Å². The highest BCUT2D eigenvalue weighted by Crippen LogP contribution is 2.82. The molecule has 4 aliphatic carbocycles. The lowest BCUT2D eigenvalue weighted by Gasteiger charge is -2.73. The van der Waals surface area contributed by atoms with Crippen LogP contribution in [-0.2, 0) is 33.3 Å². The Morgan fingerprint density at radius 3 is 2.36 bits per heavy atom. The van der Waals surface area contributed by atoms with Crippen LogP contribution in [0.1, 0.15) is 65.9 Å². The van der Waals surface area contributed by atoms with Gasteiger partial charge in [0.05, 0.1) is 48.8 Å². The first-order chi connectivity index (χ1) is 20.6. The first-order valence-corrected chi connectivity index (χ1v) is 15.5. The van der Waals surface area contributed by atoms with Crippen molar-refractivity contribution in [3.05, 3.63) is 24.2 Å². The standard InChI is InChI=1S/C32H42O12/c1-13(2)26(39)43-27-28(4)17-10-18(34)30(6)22(31(17,12-41-27)24(38)21(36)25(28)42-14(3)33)20(35)23(37)29(5)16(15-7-8-40-11-15)9-19-32(29,30)44-19/h7-8,11,13,16-19,21-25,27,34,36-38H,9-10,12H2,1-6H3/t16-,17-,18+,19+,21+,22-,23-,24-,25+,27?,28-,29+,30+,31-,32+/m0/s1. The summed E-state index contributed by atoms with van der Waals surface area (Å²) >= 11 is 0. The highest BCUT2D eigenvalue weighted by atomic mass is 16.7. The molecule has 2 bridgehead atoms. The van der Waals surface area contributed by atoms with E-state index in [4.69, 9.17) is 23.4 Å². The van der Waals surface area contributed by atoms with Crippen LogP contribution in [0.2, 0.25) is 0 Å². The van der Waals surface area contributed by atoms with Gasteiger partial charge >= 0.3 is 11.9 Å². The van der Waals surface area contributed by atoms with Crippen LogP contribution in [0, 0.1) is 39.4 Å². The molecule has 1 unspecified atom stereocenters. The molecule has 1 aromatic heterocycles. The third-order valence-corrected chi connectivity index (χ3v) is 13.0. The zero-order valence-electron chi connectivity index (χ0n) is 25.8. The fourth-order valence-electron chi connectivity index (χ4n) is 11.1. The molecule has 3 heterocycles. The van der Waals surface area contributed by atoms with E-state index in [1.807, 2.05) is 6.92 Å². The smallest absolute Gasteiger partial charge is 0.310 e. The molecular formula is C32H42O12. The summed E-state index contributed by atoms with van der Waals surface area (Å²) < 4.78 is 29.5. The Hall–Kier alpha value is -2.35. The van der Waals surface area contributed by atoms with Crippen molar-refractivity contribution < 1.29 is 58.2 Å². The van der Waals surface area contributed by atoms with Gasteiger partial charge in [-0.3, -0.25) is 14.4 Å². The van der Waals surface area contributed by atoms with Gasteiger partial charge in [0, 0.05) is 35.0 Å². The van der Waals surface area contributed by atoms with Gasteiger partial charge in [-0.25, -0.2) is 0 Å². The van der Waals surface area contributed by atoms with E-state index >= 15 is 0 Å². The van der Waals surface area contributed by atoms with Crippen molar-refractivity contribution in [1.29, 1.82) is 0 Å². The van der Waals surface area contributed by atoms with E-state index in [9.17, 15) is 34.8 Å². The molecule has 12 nitrogen and oxygen atoms in total. The Bertz CT molecular complexity index is 1390. The molecule has 4 saturated carbocycles. The summed E-state index contributed by atoms with van der Waals surface area (Å²) in [5.74, 6) is -4.82. The lowest BCUT2D eigenvalue weighted by molar-refractivity contribution is -0.391. The van der Waals surface area contributed by atoms with Gasteiger partial charge in [-0.15, -0.1) is 0 Å². The lowest BCUT2D eigenvalue weighted by Crippen LogP contribution is -2.84. The second-order valence-corrected chi connectivity index (χ2v) is 15.0. The summed E-state index contributed by atoms with van der Waals surface area (Å²) in [6.07, 6.45) is -5.58. The number of epoxide rings is 1. The van der Waals surface area contributed by atoms with E-state index in [0.717, 1.165) is 12.5 Å². The minimum absolute atomic E-state index is 0.00219. The number of ketones is 1. The fourth-order valence-corrected chi connectivity index (χ4v) is 11.1. The van der Waals surface area contributed by atoms with Gasteiger partial charge in [0.25, 0.3) is 0 Å². The number of fused-ring (bicyclic) bond motifs is 1. The number of esters is 2. The average Bonchev–Trinajstić information content (AvgIpc) is 3.32. The molecule has 6 fully saturated rings. The van der Waals surface area contributed by atoms with Crippen molar-refractivity contribution in [2.24, 2.45) is 39.4 Å². The molecule has 1 aromatic rings. The van der Waals surface area contributed by atoms with Gasteiger partial charge in [0.2, 0.25) is 6.29 Å². The maximum atomic E-state index is 14.8. The summed E-state index contributed by atoms with van der Waals surface area (Å²) in [5.41, 5.74) is -5.83. The van der Waals surface area contributed by atoms with Crippen molar-refractivity contribution >= 4 is 17.7 Å². The third kappa shape index (κ3) is 3.13. The van der Waals surface area contributed by atoms with Crippen molar-refractivity contribution in [1.82, 2.24) is 0 Å². The number of ether oxygens (including phenoxy) is 4. The second-order valence-electron chi connectivity index (χ2n) is 15.0. The average molecular weight is 619 g/mol. The fraction of sp³-hybridized carbons (Fsp3) is 0.781. The summed E-state index contributed by atoms with van der Waals surface area (Å²) in [5, 5.41) is 48.1. The minimum Gasteiger partial charge on any atom is -0.472 e. The molecule has 15 atom stereocenters. The molecule has 2 saturated heterocycles. The quantitative estimate of drug-likeness (QED) is 0.278. The van der Waals surface area contributed by atoms with Gasteiger partial charge in [-0.1, -0.05) is 27.7 Å². The molecule has 242 valence electrons. The molecule has 0 amide bonds. The molecule has 6 aliphatic rings. The molecule has 4 N–H and O–H groups in total.